The van der Waals surface area contributed by atoms with E-state index in [9.17, 15) is 15.0 Å². The highest BCUT2D eigenvalue weighted by molar-refractivity contribution is 5.66. The molecular formula is C25H44O5. The van der Waals surface area contributed by atoms with E-state index in [1.165, 1.54) is 13.3 Å². The maximum atomic E-state index is 11.8. The molecule has 10 unspecified atom stereocenters. The first-order valence-electron chi connectivity index (χ1n) is 12.0. The van der Waals surface area contributed by atoms with Gasteiger partial charge in [-0.15, -0.1) is 0 Å². The van der Waals surface area contributed by atoms with Crippen LogP contribution in [0.4, 0.5) is 0 Å². The molecule has 5 nitrogen and oxygen atoms in total. The molecular weight excluding hydrogens is 380 g/mol. The van der Waals surface area contributed by atoms with Crippen LogP contribution in [-0.4, -0.2) is 46.2 Å². The van der Waals surface area contributed by atoms with E-state index < -0.39 is 29.9 Å². The highest BCUT2D eigenvalue weighted by Crippen LogP contribution is 2.70. The summed E-state index contributed by atoms with van der Waals surface area (Å²) < 4.78 is 12.1. The zero-order valence-electron chi connectivity index (χ0n) is 20.3. The number of ether oxygens (including phenoxy) is 2. The monoisotopic (exact) mass is 424 g/mol. The highest BCUT2D eigenvalue weighted by Gasteiger charge is 2.71. The van der Waals surface area contributed by atoms with Gasteiger partial charge in [-0.05, 0) is 68.6 Å². The smallest absolute Gasteiger partial charge is 0.303 e. The van der Waals surface area contributed by atoms with Crippen LogP contribution in [-0.2, 0) is 14.3 Å². The topological polar surface area (TPSA) is 76.0 Å². The zero-order valence-corrected chi connectivity index (χ0v) is 20.3. The van der Waals surface area contributed by atoms with Crippen LogP contribution in [0, 0.1) is 34.5 Å². The van der Waals surface area contributed by atoms with Crippen molar-refractivity contribution in [2.24, 2.45) is 34.5 Å². The first kappa shape index (κ1) is 24.0. The van der Waals surface area contributed by atoms with E-state index in [0.29, 0.717) is 17.8 Å². The second kappa shape index (κ2) is 8.04. The summed E-state index contributed by atoms with van der Waals surface area (Å²) in [5, 5.41) is 22.5. The van der Waals surface area contributed by atoms with Crippen molar-refractivity contribution in [1.82, 2.24) is 0 Å². The van der Waals surface area contributed by atoms with Crippen LogP contribution in [0.5, 0.6) is 0 Å². The third kappa shape index (κ3) is 3.53. The van der Waals surface area contributed by atoms with E-state index in [2.05, 4.69) is 34.6 Å². The number of aliphatic hydroxyl groups excluding tert-OH is 1. The SMILES string of the molecule is CCCC1C(C)CCC2(C)C3C(C)CC(C(OC(C)=O)C(C)(C)O)OC3C(O)C12C. The Labute approximate surface area is 182 Å². The maximum Gasteiger partial charge on any atom is 0.303 e. The van der Waals surface area contributed by atoms with E-state index in [1.54, 1.807) is 13.8 Å². The predicted octanol–water partition coefficient (Wildman–Crippen LogP) is 4.33. The lowest BCUT2D eigenvalue weighted by atomic mass is 9.48. The predicted molar refractivity (Wildman–Crippen MR) is 117 cm³/mol. The Balaban J connectivity index is 1.98. The molecule has 0 radical (unpaired) electrons. The molecule has 3 rings (SSSR count). The Morgan fingerprint density at radius 2 is 1.90 bits per heavy atom. The van der Waals surface area contributed by atoms with Gasteiger partial charge in [-0.3, -0.25) is 4.79 Å². The maximum absolute atomic E-state index is 11.8. The zero-order chi connectivity index (χ0) is 22.6. The van der Waals surface area contributed by atoms with Gasteiger partial charge in [-0.2, -0.15) is 0 Å². The molecule has 1 saturated heterocycles. The Hall–Kier alpha value is -0.650. The average Bonchev–Trinajstić information content (AvgIpc) is 2.81. The van der Waals surface area contributed by atoms with Crippen molar-refractivity contribution in [3.63, 3.8) is 0 Å². The molecule has 0 spiro atoms. The minimum Gasteiger partial charge on any atom is -0.457 e. The van der Waals surface area contributed by atoms with Crippen molar-refractivity contribution in [3.8, 4) is 0 Å². The number of rotatable bonds is 5. The number of esters is 1. The van der Waals surface area contributed by atoms with Crippen LogP contribution in [0.25, 0.3) is 0 Å². The van der Waals surface area contributed by atoms with Crippen LogP contribution in [0.3, 0.4) is 0 Å². The van der Waals surface area contributed by atoms with Crippen molar-refractivity contribution in [3.05, 3.63) is 0 Å². The molecule has 3 aliphatic rings. The van der Waals surface area contributed by atoms with E-state index in [0.717, 1.165) is 25.7 Å². The summed E-state index contributed by atoms with van der Waals surface area (Å²) in [6.07, 6.45) is 3.25. The summed E-state index contributed by atoms with van der Waals surface area (Å²) in [7, 11) is 0. The largest absolute Gasteiger partial charge is 0.457 e. The van der Waals surface area contributed by atoms with E-state index >= 15 is 0 Å². The average molecular weight is 425 g/mol. The first-order chi connectivity index (χ1) is 13.8. The molecule has 174 valence electrons. The molecule has 1 aliphatic heterocycles. The van der Waals surface area contributed by atoms with Gasteiger partial charge in [0.05, 0.1) is 23.9 Å². The van der Waals surface area contributed by atoms with Crippen molar-refractivity contribution in [2.75, 3.05) is 0 Å². The van der Waals surface area contributed by atoms with E-state index in [1.807, 2.05) is 0 Å². The first-order valence-corrected chi connectivity index (χ1v) is 12.0. The quantitative estimate of drug-likeness (QED) is 0.643. The Kier molecular flexibility index (Phi) is 6.43. The molecule has 10 atom stereocenters. The van der Waals surface area contributed by atoms with Crippen molar-refractivity contribution in [1.29, 1.82) is 0 Å². The van der Waals surface area contributed by atoms with Gasteiger partial charge >= 0.3 is 5.97 Å². The van der Waals surface area contributed by atoms with Gasteiger partial charge in [-0.1, -0.05) is 41.0 Å². The molecule has 0 aromatic rings. The van der Waals surface area contributed by atoms with Gasteiger partial charge in [0.1, 0.15) is 0 Å². The molecule has 3 fully saturated rings. The molecule has 1 heterocycles. The Bertz CT molecular complexity index is 642. The van der Waals surface area contributed by atoms with Crippen LogP contribution in [0.2, 0.25) is 0 Å². The number of carbonyl (C=O) groups is 1. The second-order valence-corrected chi connectivity index (χ2v) is 11.6. The van der Waals surface area contributed by atoms with Crippen LogP contribution in [0.1, 0.15) is 87.5 Å². The lowest BCUT2D eigenvalue weighted by Gasteiger charge is -2.57. The fourth-order valence-corrected chi connectivity index (χ4v) is 7.82. The fraction of sp³-hybridized carbons (Fsp3) is 0.960. The lowest BCUT2D eigenvalue weighted by Crippen LogP contribution is -2.55. The van der Waals surface area contributed by atoms with Crippen molar-refractivity contribution >= 4 is 5.97 Å². The molecule has 0 aromatic heterocycles. The minimum atomic E-state index is -1.22. The van der Waals surface area contributed by atoms with Gasteiger partial charge in [0.2, 0.25) is 0 Å². The molecule has 5 heteroatoms. The Morgan fingerprint density at radius 1 is 1.27 bits per heavy atom. The number of hydrogen-bond donors (Lipinski definition) is 2. The van der Waals surface area contributed by atoms with Crippen molar-refractivity contribution in [2.45, 2.75) is 118 Å². The van der Waals surface area contributed by atoms with E-state index in [4.69, 9.17) is 9.47 Å². The second-order valence-electron chi connectivity index (χ2n) is 11.6. The summed E-state index contributed by atoms with van der Waals surface area (Å²) >= 11 is 0. The normalized spacial score (nSPS) is 47.3. The van der Waals surface area contributed by atoms with Crippen LogP contribution < -0.4 is 0 Å². The van der Waals surface area contributed by atoms with Gasteiger partial charge in [-0.25, -0.2) is 0 Å². The number of hydrogen-bond acceptors (Lipinski definition) is 5. The minimum absolute atomic E-state index is 0.0134. The molecule has 0 amide bonds. The molecule has 0 aromatic carbocycles. The fourth-order valence-electron chi connectivity index (χ4n) is 7.82. The molecule has 2 N–H and O–H groups in total. The lowest BCUT2D eigenvalue weighted by molar-refractivity contribution is -0.216. The van der Waals surface area contributed by atoms with Gasteiger partial charge in [0.15, 0.2) is 6.10 Å². The molecule has 0 bridgehead atoms. The summed E-state index contributed by atoms with van der Waals surface area (Å²) in [5.41, 5.74) is -1.41. The summed E-state index contributed by atoms with van der Waals surface area (Å²) in [5.74, 6) is 1.22. The standard InChI is InChI=1S/C25H44O5/c1-9-10-17-14(2)11-12-24(7)19-15(3)13-18(22(23(5,6)28)29-16(4)26)30-20(19)21(27)25(17,24)8/h14-15,17-22,27-28H,9-13H2,1-8H3. The Morgan fingerprint density at radius 3 is 2.43 bits per heavy atom. The molecule has 2 saturated carbocycles. The van der Waals surface area contributed by atoms with Gasteiger partial charge in [0.25, 0.3) is 0 Å². The molecule has 30 heavy (non-hydrogen) atoms. The summed E-state index contributed by atoms with van der Waals surface area (Å²) in [6, 6.07) is 0. The summed E-state index contributed by atoms with van der Waals surface area (Å²) in [6.45, 7) is 16.2. The number of fused-ring (bicyclic) bond motifs is 3. The van der Waals surface area contributed by atoms with E-state index in [-0.39, 0.29) is 22.9 Å². The van der Waals surface area contributed by atoms with Gasteiger partial charge < -0.3 is 19.7 Å². The number of aliphatic hydroxyl groups is 2. The number of carbonyl (C=O) groups excluding carboxylic acids is 1. The van der Waals surface area contributed by atoms with Crippen LogP contribution in [0.15, 0.2) is 0 Å². The molecule has 2 aliphatic carbocycles. The third-order valence-corrected chi connectivity index (χ3v) is 9.30. The highest BCUT2D eigenvalue weighted by atomic mass is 16.6. The third-order valence-electron chi connectivity index (χ3n) is 9.30. The van der Waals surface area contributed by atoms with Crippen molar-refractivity contribution < 1.29 is 24.5 Å². The van der Waals surface area contributed by atoms with Gasteiger partial charge in [0, 0.05) is 12.3 Å². The van der Waals surface area contributed by atoms with Crippen LogP contribution >= 0.6 is 0 Å². The summed E-state index contributed by atoms with van der Waals surface area (Å²) in [4.78, 5) is 11.7.